The van der Waals surface area contributed by atoms with Crippen LogP contribution in [-0.4, -0.2) is 31.0 Å². The maximum Gasteiger partial charge on any atom is 0.226 e. The predicted octanol–water partition coefficient (Wildman–Crippen LogP) is 1.17. The molecule has 0 bridgehead atoms. The van der Waals surface area contributed by atoms with Gasteiger partial charge in [-0.1, -0.05) is 0 Å². The van der Waals surface area contributed by atoms with Crippen LogP contribution in [0.2, 0.25) is 0 Å². The van der Waals surface area contributed by atoms with Crippen molar-refractivity contribution in [2.75, 3.05) is 25.0 Å². The monoisotopic (exact) mass is 287 g/mol. The average molecular weight is 288 g/mol. The molecule has 2 rings (SSSR count). The van der Waals surface area contributed by atoms with Crippen LogP contribution in [0.5, 0.6) is 0 Å². The van der Waals surface area contributed by atoms with Crippen molar-refractivity contribution < 1.29 is 9.18 Å². The number of hydrogen-bond donors (Lipinski definition) is 1. The van der Waals surface area contributed by atoms with E-state index in [2.05, 4.69) is 26.2 Å². The summed E-state index contributed by atoms with van der Waals surface area (Å²) in [6.45, 7) is 1.04. The van der Waals surface area contributed by atoms with Gasteiger partial charge in [-0.3, -0.25) is 4.79 Å². The number of nitrogens with one attached hydrogen (secondary N) is 1. The lowest BCUT2D eigenvalue weighted by Crippen LogP contribution is -2.53. The van der Waals surface area contributed by atoms with Gasteiger partial charge < -0.3 is 10.2 Å². The van der Waals surface area contributed by atoms with Gasteiger partial charge in [0.05, 0.1) is 5.92 Å². The third-order valence-corrected chi connectivity index (χ3v) is 3.02. The van der Waals surface area contributed by atoms with Gasteiger partial charge in [0.15, 0.2) is 11.6 Å². The Morgan fingerprint density at radius 3 is 2.94 bits per heavy atom. The van der Waals surface area contributed by atoms with Crippen molar-refractivity contribution in [2.24, 2.45) is 5.92 Å². The number of pyridine rings is 1. The second-order valence-corrected chi connectivity index (χ2v) is 4.59. The molecule has 1 aromatic heterocycles. The van der Waals surface area contributed by atoms with Crippen LogP contribution in [0.1, 0.15) is 0 Å². The largest absolute Gasteiger partial charge is 0.359 e. The van der Waals surface area contributed by atoms with E-state index in [0.29, 0.717) is 23.4 Å². The maximum atomic E-state index is 13.5. The van der Waals surface area contributed by atoms with Gasteiger partial charge in [0.25, 0.3) is 0 Å². The Balaban J connectivity index is 2.04. The Labute approximate surface area is 101 Å². The molecule has 1 aliphatic rings. The van der Waals surface area contributed by atoms with E-state index in [-0.39, 0.29) is 17.6 Å². The first-order valence-corrected chi connectivity index (χ1v) is 5.68. The minimum Gasteiger partial charge on any atom is -0.359 e. The van der Waals surface area contributed by atoms with Gasteiger partial charge in [-0.05, 0) is 22.0 Å². The van der Waals surface area contributed by atoms with Crippen molar-refractivity contribution in [3.05, 3.63) is 22.6 Å². The maximum absolute atomic E-state index is 13.5. The first-order chi connectivity index (χ1) is 7.61. The Kier molecular flexibility index (Phi) is 3.09. The highest BCUT2D eigenvalue weighted by Crippen LogP contribution is 2.26. The molecular formula is C10H11BrFN3O. The zero-order valence-corrected chi connectivity index (χ0v) is 10.3. The first kappa shape index (κ1) is 11.3. The molecule has 0 radical (unpaired) electrons. The summed E-state index contributed by atoms with van der Waals surface area (Å²) in [5, 5.41) is 2.58. The summed E-state index contributed by atoms with van der Waals surface area (Å²) in [6, 6.07) is 1.37. The number of nitrogens with zero attached hydrogens (tertiary/aromatic N) is 2. The van der Waals surface area contributed by atoms with E-state index in [1.165, 1.54) is 6.07 Å². The van der Waals surface area contributed by atoms with Crippen LogP contribution in [0.3, 0.4) is 0 Å². The fourth-order valence-electron chi connectivity index (χ4n) is 1.66. The fraction of sp³-hybridized carbons (Fsp3) is 0.400. The van der Waals surface area contributed by atoms with Crippen molar-refractivity contribution in [1.82, 2.24) is 10.3 Å². The Bertz CT molecular complexity index is 421. The third-order valence-electron chi connectivity index (χ3n) is 2.59. The lowest BCUT2D eigenvalue weighted by atomic mass is 9.99. The zero-order valence-electron chi connectivity index (χ0n) is 8.70. The van der Waals surface area contributed by atoms with Crippen LogP contribution in [-0.2, 0) is 4.79 Å². The van der Waals surface area contributed by atoms with Crippen LogP contribution in [0, 0.1) is 11.7 Å². The minimum absolute atomic E-state index is 0.00577. The van der Waals surface area contributed by atoms with Crippen LogP contribution in [0.25, 0.3) is 0 Å². The van der Waals surface area contributed by atoms with E-state index in [0.717, 1.165) is 0 Å². The number of amides is 1. The molecule has 0 spiro atoms. The summed E-state index contributed by atoms with van der Waals surface area (Å²) in [6.07, 6.45) is 1.55. The summed E-state index contributed by atoms with van der Waals surface area (Å²) in [5.41, 5.74) is 0. The first-order valence-electron chi connectivity index (χ1n) is 4.89. The molecule has 1 aromatic rings. The van der Waals surface area contributed by atoms with Crippen molar-refractivity contribution in [3.63, 3.8) is 0 Å². The molecule has 86 valence electrons. The lowest BCUT2D eigenvalue weighted by Gasteiger charge is -2.38. The Hall–Kier alpha value is -1.17. The molecule has 1 fully saturated rings. The minimum atomic E-state index is -0.371. The van der Waals surface area contributed by atoms with Crippen LogP contribution in [0.15, 0.2) is 16.7 Å². The molecule has 2 heterocycles. The molecule has 16 heavy (non-hydrogen) atoms. The summed E-state index contributed by atoms with van der Waals surface area (Å²) in [4.78, 5) is 17.0. The molecular weight excluding hydrogens is 277 g/mol. The molecule has 1 N–H and O–H groups in total. The van der Waals surface area contributed by atoms with E-state index in [9.17, 15) is 9.18 Å². The average Bonchev–Trinajstić information content (AvgIpc) is 2.18. The van der Waals surface area contributed by atoms with E-state index in [1.807, 2.05) is 0 Å². The van der Waals surface area contributed by atoms with Gasteiger partial charge in [-0.2, -0.15) is 0 Å². The van der Waals surface area contributed by atoms with Gasteiger partial charge in [0, 0.05) is 30.8 Å². The second kappa shape index (κ2) is 4.37. The number of carbonyl (C=O) groups is 1. The molecule has 1 saturated heterocycles. The van der Waals surface area contributed by atoms with Gasteiger partial charge in [0.1, 0.15) is 0 Å². The van der Waals surface area contributed by atoms with E-state index in [1.54, 1.807) is 18.1 Å². The Morgan fingerprint density at radius 1 is 1.69 bits per heavy atom. The number of anilines is 1. The highest BCUT2D eigenvalue weighted by atomic mass is 79.9. The number of rotatable bonds is 2. The number of aromatic nitrogens is 1. The molecule has 4 nitrogen and oxygen atoms in total. The second-order valence-electron chi connectivity index (χ2n) is 3.68. The topological polar surface area (TPSA) is 45.2 Å². The smallest absolute Gasteiger partial charge is 0.226 e. The van der Waals surface area contributed by atoms with Crippen molar-refractivity contribution in [2.45, 2.75) is 0 Å². The van der Waals surface area contributed by atoms with Gasteiger partial charge in [-0.25, -0.2) is 9.37 Å². The van der Waals surface area contributed by atoms with E-state index >= 15 is 0 Å². The van der Waals surface area contributed by atoms with Crippen molar-refractivity contribution in [3.8, 4) is 0 Å². The summed E-state index contributed by atoms with van der Waals surface area (Å²) in [5.74, 6) is -0.128. The van der Waals surface area contributed by atoms with Gasteiger partial charge in [-0.15, -0.1) is 0 Å². The zero-order chi connectivity index (χ0) is 11.7. The summed E-state index contributed by atoms with van der Waals surface area (Å²) in [7, 11) is 1.60. The molecule has 0 unspecified atom stereocenters. The van der Waals surface area contributed by atoms with Gasteiger partial charge >= 0.3 is 0 Å². The molecule has 1 aliphatic heterocycles. The van der Waals surface area contributed by atoms with Crippen LogP contribution in [0.4, 0.5) is 10.2 Å². The number of hydrogen-bond acceptors (Lipinski definition) is 3. The molecule has 0 saturated carbocycles. The van der Waals surface area contributed by atoms with Crippen molar-refractivity contribution >= 4 is 27.7 Å². The fourth-order valence-corrected chi connectivity index (χ4v) is 1.96. The Morgan fingerprint density at radius 2 is 2.38 bits per heavy atom. The van der Waals surface area contributed by atoms with E-state index in [4.69, 9.17) is 0 Å². The lowest BCUT2D eigenvalue weighted by molar-refractivity contribution is -0.125. The van der Waals surface area contributed by atoms with Crippen molar-refractivity contribution in [1.29, 1.82) is 0 Å². The summed E-state index contributed by atoms with van der Waals surface area (Å²) >= 11 is 3.15. The number of halogens is 2. The third kappa shape index (κ3) is 2.02. The quantitative estimate of drug-likeness (QED) is 0.888. The summed E-state index contributed by atoms with van der Waals surface area (Å²) < 4.78 is 14.1. The molecule has 0 aromatic carbocycles. The van der Waals surface area contributed by atoms with Gasteiger partial charge in [0.2, 0.25) is 5.91 Å². The standard InChI is InChI=1S/C10H11BrFN3O/c1-13-10(16)6-4-15(5-6)9-8(12)2-7(11)3-14-9/h2-3,6H,4-5H2,1H3,(H,13,16). The number of carbonyl (C=O) groups excluding carboxylic acids is 1. The normalized spacial score (nSPS) is 15.8. The highest BCUT2D eigenvalue weighted by molar-refractivity contribution is 9.10. The molecule has 6 heteroatoms. The van der Waals surface area contributed by atoms with Crippen LogP contribution >= 0.6 is 15.9 Å². The molecule has 1 amide bonds. The molecule has 0 aliphatic carbocycles. The SMILES string of the molecule is CNC(=O)C1CN(c2ncc(Br)cc2F)C1. The highest BCUT2D eigenvalue weighted by Gasteiger charge is 2.34. The predicted molar refractivity (Wildman–Crippen MR) is 61.7 cm³/mol. The van der Waals surface area contributed by atoms with E-state index < -0.39 is 0 Å². The molecule has 0 atom stereocenters. The van der Waals surface area contributed by atoms with Crippen LogP contribution < -0.4 is 10.2 Å².